The Hall–Kier alpha value is -2.44. The number of nitrogens with zero attached hydrogens (tertiary/aromatic N) is 3. The first kappa shape index (κ1) is 24.6. The maximum absolute atomic E-state index is 10.9. The largest absolute Gasteiger partial charge is 0.466 e. The Bertz CT molecular complexity index is 802. The summed E-state index contributed by atoms with van der Waals surface area (Å²) in [7, 11) is 1.35. The number of methoxy groups -OCH3 is 1. The Morgan fingerprint density at radius 2 is 2.00 bits per heavy atom. The maximum Gasteiger partial charge on any atom is 0.330 e. The van der Waals surface area contributed by atoms with Gasteiger partial charge < -0.3 is 9.30 Å². The molecular weight excluding hydrogens is 390 g/mol. The number of imidazole rings is 1. The van der Waals surface area contributed by atoms with Gasteiger partial charge in [0.1, 0.15) is 11.5 Å². The lowest BCUT2D eigenvalue weighted by atomic mass is 10.2. The molecule has 0 amide bonds. The number of benzene rings is 1. The summed E-state index contributed by atoms with van der Waals surface area (Å²) < 4.78 is 6.44. The van der Waals surface area contributed by atoms with E-state index in [-0.39, 0.29) is 5.97 Å². The Labute approximate surface area is 178 Å². The summed E-state index contributed by atoms with van der Waals surface area (Å²) in [5.74, 6) is 0.534. The molecule has 3 rings (SSSR count). The van der Waals surface area contributed by atoms with Gasteiger partial charge in [0.05, 0.1) is 19.9 Å². The van der Waals surface area contributed by atoms with Gasteiger partial charge in [0.25, 0.3) is 0 Å². The van der Waals surface area contributed by atoms with Crippen LogP contribution in [0.25, 0.3) is 0 Å². The molecule has 0 atom stereocenters. The van der Waals surface area contributed by atoms with E-state index in [4.69, 9.17) is 11.6 Å². The Balaban J connectivity index is 0.000000321. The number of rotatable bonds is 5. The number of aryl methyl sites for hydroxylation is 1. The first-order valence-corrected chi connectivity index (χ1v) is 10.2. The maximum atomic E-state index is 10.9. The third-order valence-electron chi connectivity index (χ3n) is 4.25. The topological polar surface area (TPSA) is 64.4 Å². The number of carbonyl (C=O) groups is 2. The number of aldehydes is 1. The second kappa shape index (κ2) is 13.7. The molecule has 0 radical (unpaired) electrons. The van der Waals surface area contributed by atoms with Gasteiger partial charge in [0, 0.05) is 30.7 Å². The van der Waals surface area contributed by atoms with Crippen LogP contribution in [0.15, 0.2) is 42.6 Å². The van der Waals surface area contributed by atoms with Gasteiger partial charge in [-0.15, -0.1) is 0 Å². The van der Waals surface area contributed by atoms with Gasteiger partial charge >= 0.3 is 5.97 Å². The second-order valence-electron chi connectivity index (χ2n) is 5.97. The molecule has 1 aliphatic heterocycles. The molecule has 0 saturated heterocycles. The van der Waals surface area contributed by atoms with Crippen molar-refractivity contribution in [2.75, 3.05) is 20.2 Å². The SMILES string of the molecule is CC.CCc1ccccc1Cl.COC(=O)/C=C/CN1CCn2c(C=O)cnc2C1. The van der Waals surface area contributed by atoms with Crippen molar-refractivity contribution in [1.29, 1.82) is 0 Å². The van der Waals surface area contributed by atoms with E-state index < -0.39 is 0 Å². The van der Waals surface area contributed by atoms with E-state index in [0.717, 1.165) is 36.6 Å². The van der Waals surface area contributed by atoms with Crippen LogP contribution in [0.5, 0.6) is 0 Å². The average molecular weight is 420 g/mol. The van der Waals surface area contributed by atoms with E-state index >= 15 is 0 Å². The normalized spacial score (nSPS) is 12.9. The van der Waals surface area contributed by atoms with Gasteiger partial charge in [0.15, 0.2) is 6.29 Å². The molecular formula is C22H30ClN3O3. The molecule has 0 N–H and O–H groups in total. The van der Waals surface area contributed by atoms with Gasteiger partial charge in [0.2, 0.25) is 0 Å². The minimum Gasteiger partial charge on any atom is -0.466 e. The predicted octanol–water partition coefficient (Wildman–Crippen LogP) is 4.17. The number of hydrogen-bond acceptors (Lipinski definition) is 5. The van der Waals surface area contributed by atoms with Crippen molar-refractivity contribution in [3.05, 3.63) is 64.7 Å². The van der Waals surface area contributed by atoms with Crippen molar-refractivity contribution in [3.63, 3.8) is 0 Å². The summed E-state index contributed by atoms with van der Waals surface area (Å²) in [4.78, 5) is 28.0. The molecule has 29 heavy (non-hydrogen) atoms. The summed E-state index contributed by atoms with van der Waals surface area (Å²) in [5, 5.41) is 0.875. The smallest absolute Gasteiger partial charge is 0.330 e. The highest BCUT2D eigenvalue weighted by molar-refractivity contribution is 6.31. The third kappa shape index (κ3) is 7.83. The number of carbonyl (C=O) groups excluding carboxylic acids is 2. The fraction of sp³-hybridized carbons (Fsp3) is 0.409. The van der Waals surface area contributed by atoms with Crippen LogP contribution in [-0.2, 0) is 29.0 Å². The molecule has 1 aromatic carbocycles. The van der Waals surface area contributed by atoms with Crippen LogP contribution < -0.4 is 0 Å². The van der Waals surface area contributed by atoms with Crippen LogP contribution in [0.1, 0.15) is 42.6 Å². The molecule has 0 unspecified atom stereocenters. The van der Waals surface area contributed by atoms with E-state index in [1.54, 1.807) is 12.3 Å². The van der Waals surface area contributed by atoms with Crippen LogP contribution >= 0.6 is 11.6 Å². The first-order chi connectivity index (χ1) is 14.1. The molecule has 0 spiro atoms. The molecule has 7 heteroatoms. The minimum atomic E-state index is -0.350. The molecule has 158 valence electrons. The Morgan fingerprint density at radius 3 is 2.59 bits per heavy atom. The zero-order valence-electron chi connectivity index (χ0n) is 17.6. The van der Waals surface area contributed by atoms with Gasteiger partial charge in [-0.3, -0.25) is 9.69 Å². The number of ether oxygens (including phenoxy) is 1. The van der Waals surface area contributed by atoms with Crippen molar-refractivity contribution in [2.45, 2.75) is 40.3 Å². The number of hydrogen-bond donors (Lipinski definition) is 0. The molecule has 0 bridgehead atoms. The summed E-state index contributed by atoms with van der Waals surface area (Å²) in [6.45, 7) is 9.02. The molecule has 6 nitrogen and oxygen atoms in total. The van der Waals surface area contributed by atoms with E-state index in [2.05, 4.69) is 21.5 Å². The highest BCUT2D eigenvalue weighted by Crippen LogP contribution is 2.14. The van der Waals surface area contributed by atoms with Crippen molar-refractivity contribution in [1.82, 2.24) is 14.5 Å². The van der Waals surface area contributed by atoms with Crippen LogP contribution in [0.4, 0.5) is 0 Å². The summed E-state index contributed by atoms with van der Waals surface area (Å²) in [5.41, 5.74) is 1.84. The zero-order valence-corrected chi connectivity index (χ0v) is 18.4. The average Bonchev–Trinajstić information content (AvgIpc) is 3.18. The van der Waals surface area contributed by atoms with Crippen molar-refractivity contribution < 1.29 is 14.3 Å². The number of esters is 1. The molecule has 0 saturated carbocycles. The monoisotopic (exact) mass is 419 g/mol. The second-order valence-corrected chi connectivity index (χ2v) is 6.38. The Morgan fingerprint density at radius 1 is 1.28 bits per heavy atom. The summed E-state index contributed by atoms with van der Waals surface area (Å²) >= 11 is 5.82. The third-order valence-corrected chi connectivity index (χ3v) is 4.62. The minimum absolute atomic E-state index is 0.350. The fourth-order valence-electron chi connectivity index (χ4n) is 2.73. The van der Waals surface area contributed by atoms with Gasteiger partial charge in [-0.1, -0.05) is 56.6 Å². The highest BCUT2D eigenvalue weighted by Gasteiger charge is 2.18. The molecule has 0 fully saturated rings. The van der Waals surface area contributed by atoms with E-state index in [1.165, 1.54) is 18.7 Å². The lowest BCUT2D eigenvalue weighted by Crippen LogP contribution is -2.34. The summed E-state index contributed by atoms with van der Waals surface area (Å²) in [6.07, 6.45) is 6.61. The van der Waals surface area contributed by atoms with Gasteiger partial charge in [-0.2, -0.15) is 0 Å². The zero-order chi connectivity index (χ0) is 21.6. The van der Waals surface area contributed by atoms with Crippen LogP contribution in [0.2, 0.25) is 5.02 Å². The van der Waals surface area contributed by atoms with Crippen LogP contribution in [0.3, 0.4) is 0 Å². The first-order valence-electron chi connectivity index (χ1n) is 9.78. The predicted molar refractivity (Wildman–Crippen MR) is 116 cm³/mol. The standard InChI is InChI=1S/C12H15N3O3.C8H9Cl.C2H6/c1-18-12(17)3-2-4-14-5-6-15-10(9-16)7-13-11(15)8-14;1-2-7-5-3-4-6-8(7)9;1-2/h2-3,7,9H,4-6,8H2,1H3;3-6H,2H2,1H3;1-2H3/b3-2+;;. The van der Waals surface area contributed by atoms with Crippen LogP contribution in [0, 0.1) is 0 Å². The molecule has 1 aliphatic rings. The number of halogens is 1. The fourth-order valence-corrected chi connectivity index (χ4v) is 3.00. The van der Waals surface area contributed by atoms with E-state index in [1.807, 2.05) is 42.7 Å². The van der Waals surface area contributed by atoms with Gasteiger partial charge in [-0.05, 0) is 18.1 Å². The van der Waals surface area contributed by atoms with Crippen molar-refractivity contribution in [3.8, 4) is 0 Å². The molecule has 2 heterocycles. The quantitative estimate of drug-likeness (QED) is 0.413. The lowest BCUT2D eigenvalue weighted by Gasteiger charge is -2.26. The molecule has 1 aromatic heterocycles. The van der Waals surface area contributed by atoms with Crippen molar-refractivity contribution >= 4 is 23.9 Å². The Kier molecular flexibility index (Phi) is 11.6. The molecule has 2 aromatic rings. The van der Waals surface area contributed by atoms with Crippen molar-refractivity contribution in [2.24, 2.45) is 0 Å². The van der Waals surface area contributed by atoms with Gasteiger partial charge in [-0.25, -0.2) is 9.78 Å². The van der Waals surface area contributed by atoms with Crippen LogP contribution in [-0.4, -0.2) is 46.9 Å². The number of fused-ring (bicyclic) bond motifs is 1. The summed E-state index contributed by atoms with van der Waals surface area (Å²) in [6, 6.07) is 7.91. The van der Waals surface area contributed by atoms with E-state index in [0.29, 0.717) is 18.8 Å². The van der Waals surface area contributed by atoms with E-state index in [9.17, 15) is 9.59 Å². The lowest BCUT2D eigenvalue weighted by molar-refractivity contribution is -0.134. The molecule has 0 aliphatic carbocycles. The number of aromatic nitrogens is 2. The highest BCUT2D eigenvalue weighted by atomic mass is 35.5.